The van der Waals surface area contributed by atoms with Crippen molar-refractivity contribution < 1.29 is 0 Å². The van der Waals surface area contributed by atoms with Crippen molar-refractivity contribution in [1.82, 2.24) is 14.1 Å². The average molecular weight is 656 g/mol. The lowest BCUT2D eigenvalue weighted by Crippen LogP contribution is -2.07. The van der Waals surface area contributed by atoms with Crippen LogP contribution in [0.5, 0.6) is 0 Å². The molecule has 1 unspecified atom stereocenters. The van der Waals surface area contributed by atoms with Crippen LogP contribution >= 0.6 is 0 Å². The number of fused-ring (bicyclic) bond motifs is 7. The minimum absolute atomic E-state index is 0.422. The zero-order chi connectivity index (χ0) is 33.9. The highest BCUT2D eigenvalue weighted by atomic mass is 15.1. The Labute approximate surface area is 297 Å². The quantitative estimate of drug-likeness (QED) is 0.181. The summed E-state index contributed by atoms with van der Waals surface area (Å²) >= 11 is 0. The van der Waals surface area contributed by atoms with E-state index in [9.17, 15) is 0 Å². The van der Waals surface area contributed by atoms with E-state index in [0.29, 0.717) is 5.92 Å². The maximum Gasteiger partial charge on any atom is 0.138 e. The smallest absolute Gasteiger partial charge is 0.138 e. The predicted molar refractivity (Wildman–Crippen MR) is 216 cm³/mol. The average Bonchev–Trinajstić information content (AvgIpc) is 3.72. The molecule has 3 aromatic heterocycles. The summed E-state index contributed by atoms with van der Waals surface area (Å²) in [4.78, 5) is 5.50. The summed E-state index contributed by atoms with van der Waals surface area (Å²) in [6.45, 7) is 2.33. The number of pyridine rings is 1. The van der Waals surface area contributed by atoms with Gasteiger partial charge in [-0.3, -0.25) is 4.57 Å². The first-order valence-electron chi connectivity index (χ1n) is 18.1. The molecule has 0 aliphatic heterocycles. The van der Waals surface area contributed by atoms with Crippen LogP contribution in [0, 0.1) is 5.92 Å². The van der Waals surface area contributed by atoms with Crippen LogP contribution in [0.15, 0.2) is 164 Å². The minimum atomic E-state index is 0.422. The summed E-state index contributed by atoms with van der Waals surface area (Å²) in [6, 6.07) is 46.5. The Hall–Kier alpha value is -6.19. The van der Waals surface area contributed by atoms with Gasteiger partial charge in [0.2, 0.25) is 0 Å². The maximum absolute atomic E-state index is 5.50. The lowest BCUT2D eigenvalue weighted by atomic mass is 9.91. The fourth-order valence-electron chi connectivity index (χ4n) is 8.36. The number of nitrogens with zero attached hydrogens (tertiary/aromatic N) is 3. The molecule has 0 saturated carbocycles. The van der Waals surface area contributed by atoms with Gasteiger partial charge >= 0.3 is 0 Å². The van der Waals surface area contributed by atoms with Crippen LogP contribution in [0.3, 0.4) is 0 Å². The molecule has 1 atom stereocenters. The number of rotatable bonds is 5. The van der Waals surface area contributed by atoms with Gasteiger partial charge in [-0.1, -0.05) is 116 Å². The van der Waals surface area contributed by atoms with Crippen LogP contribution in [0.25, 0.3) is 83.1 Å². The molecule has 3 nitrogen and oxygen atoms in total. The standard InChI is InChI=1S/C48H37N3/c1-32-15-8-11-23-42(32)50-44-25-13-10-21-40(44)47-45(50)28-27-39-38-20-9-12-24-43(38)51(48(39)47)46-26-14-22-41(49-46)37-30-35(33-16-4-2-5-17-33)29-36(31-37)34-18-6-3-7-19-34/h2-6,8-14,16-18,20-32H,7,15,19H2,1H3. The van der Waals surface area contributed by atoms with Crippen LogP contribution in [-0.2, 0) is 0 Å². The highest BCUT2D eigenvalue weighted by molar-refractivity contribution is 6.26. The first-order chi connectivity index (χ1) is 25.2. The van der Waals surface area contributed by atoms with Gasteiger partial charge in [0.1, 0.15) is 5.82 Å². The van der Waals surface area contributed by atoms with Gasteiger partial charge in [-0.25, -0.2) is 4.98 Å². The van der Waals surface area contributed by atoms with Crippen LogP contribution in [0.2, 0.25) is 0 Å². The molecule has 5 aromatic carbocycles. The fraction of sp³-hybridized carbons (Fsp3) is 0.104. The Bertz CT molecular complexity index is 2780. The molecule has 0 radical (unpaired) electrons. The molecule has 244 valence electrons. The highest BCUT2D eigenvalue weighted by Gasteiger charge is 2.23. The lowest BCUT2D eigenvalue weighted by molar-refractivity contribution is 0.725. The third kappa shape index (κ3) is 4.84. The summed E-state index contributed by atoms with van der Waals surface area (Å²) < 4.78 is 4.90. The molecule has 8 aromatic rings. The van der Waals surface area contributed by atoms with E-state index in [4.69, 9.17) is 4.98 Å². The lowest BCUT2D eigenvalue weighted by Gasteiger charge is -2.20. The van der Waals surface area contributed by atoms with Crippen molar-refractivity contribution >= 4 is 54.9 Å². The Morgan fingerprint density at radius 2 is 1.31 bits per heavy atom. The Balaban J connectivity index is 1.24. The van der Waals surface area contributed by atoms with Crippen LogP contribution in [-0.4, -0.2) is 14.1 Å². The number of aromatic nitrogens is 3. The normalized spacial score (nSPS) is 16.0. The Morgan fingerprint density at radius 1 is 0.569 bits per heavy atom. The van der Waals surface area contributed by atoms with Crippen molar-refractivity contribution in [2.24, 2.45) is 5.92 Å². The number of hydrogen-bond acceptors (Lipinski definition) is 1. The van der Waals surface area contributed by atoms with Gasteiger partial charge in [0.25, 0.3) is 0 Å². The van der Waals surface area contributed by atoms with E-state index < -0.39 is 0 Å². The molecule has 0 fully saturated rings. The monoisotopic (exact) mass is 655 g/mol. The van der Waals surface area contributed by atoms with E-state index in [0.717, 1.165) is 41.9 Å². The first-order valence-corrected chi connectivity index (χ1v) is 18.1. The topological polar surface area (TPSA) is 22.8 Å². The fourth-order valence-corrected chi connectivity index (χ4v) is 8.36. The minimum Gasteiger partial charge on any atom is -0.313 e. The van der Waals surface area contributed by atoms with Crippen molar-refractivity contribution in [3.63, 3.8) is 0 Å². The van der Waals surface area contributed by atoms with E-state index in [1.165, 1.54) is 66.1 Å². The summed E-state index contributed by atoms with van der Waals surface area (Å²) in [5.41, 5.74) is 13.3. The van der Waals surface area contributed by atoms with Crippen LogP contribution < -0.4 is 0 Å². The second-order valence-corrected chi connectivity index (χ2v) is 13.9. The third-order valence-electron chi connectivity index (χ3n) is 10.8. The molecule has 3 heterocycles. The van der Waals surface area contributed by atoms with Gasteiger partial charge in [0.15, 0.2) is 0 Å². The second-order valence-electron chi connectivity index (χ2n) is 13.9. The summed E-state index contributed by atoms with van der Waals surface area (Å²) in [7, 11) is 0. The zero-order valence-electron chi connectivity index (χ0n) is 28.6. The van der Waals surface area contributed by atoms with Gasteiger partial charge in [-0.2, -0.15) is 0 Å². The molecule has 0 amide bonds. The molecule has 2 aliphatic carbocycles. The van der Waals surface area contributed by atoms with E-state index in [1.807, 2.05) is 0 Å². The van der Waals surface area contributed by atoms with Gasteiger partial charge in [0.05, 0.1) is 27.8 Å². The predicted octanol–water partition coefficient (Wildman–Crippen LogP) is 12.8. The van der Waals surface area contributed by atoms with Crippen molar-refractivity contribution in [3.05, 3.63) is 169 Å². The number of benzene rings is 5. The number of para-hydroxylation sites is 2. The molecule has 0 N–H and O–H groups in total. The van der Waals surface area contributed by atoms with Crippen LogP contribution in [0.4, 0.5) is 0 Å². The van der Waals surface area contributed by atoms with Gasteiger partial charge < -0.3 is 4.57 Å². The Kier molecular flexibility index (Phi) is 6.99. The molecular formula is C48H37N3. The highest BCUT2D eigenvalue weighted by Crippen LogP contribution is 2.43. The molecule has 10 rings (SSSR count). The van der Waals surface area contributed by atoms with E-state index in [1.54, 1.807) is 0 Å². The van der Waals surface area contributed by atoms with E-state index in [2.05, 4.69) is 180 Å². The second kappa shape index (κ2) is 12.0. The maximum atomic E-state index is 5.50. The molecule has 0 saturated heterocycles. The van der Waals surface area contributed by atoms with Crippen molar-refractivity contribution in [2.45, 2.75) is 26.2 Å². The summed E-state index contributed by atoms with van der Waals surface area (Å²) in [5.74, 6) is 1.34. The van der Waals surface area contributed by atoms with Gasteiger partial charge in [-0.05, 0) is 96.1 Å². The molecule has 2 aliphatic rings. The first kappa shape index (κ1) is 29.7. The van der Waals surface area contributed by atoms with Crippen LogP contribution in [0.1, 0.15) is 31.7 Å². The largest absolute Gasteiger partial charge is 0.313 e. The summed E-state index contributed by atoms with van der Waals surface area (Å²) in [5, 5.41) is 5.00. The number of hydrogen-bond donors (Lipinski definition) is 0. The van der Waals surface area contributed by atoms with E-state index >= 15 is 0 Å². The summed E-state index contributed by atoms with van der Waals surface area (Å²) in [6.07, 6.45) is 16.6. The SMILES string of the molecule is CC1CC=CC=C1n1c2ccccc2c2c1ccc1c3ccccc3n(-c3cccc(-c4cc(C5=CC=CCC5)cc(-c5ccccc5)c4)n3)c12. The van der Waals surface area contributed by atoms with Gasteiger partial charge in [0, 0.05) is 38.7 Å². The van der Waals surface area contributed by atoms with Crippen molar-refractivity contribution in [2.75, 3.05) is 0 Å². The third-order valence-corrected chi connectivity index (χ3v) is 10.8. The van der Waals surface area contributed by atoms with Crippen molar-refractivity contribution in [1.29, 1.82) is 0 Å². The van der Waals surface area contributed by atoms with Crippen molar-refractivity contribution in [3.8, 4) is 28.2 Å². The number of allylic oxidation sites excluding steroid dienone is 8. The molecule has 51 heavy (non-hydrogen) atoms. The molecule has 0 bridgehead atoms. The Morgan fingerprint density at radius 3 is 2.14 bits per heavy atom. The van der Waals surface area contributed by atoms with Gasteiger partial charge in [-0.15, -0.1) is 0 Å². The molecule has 0 spiro atoms. The van der Waals surface area contributed by atoms with E-state index in [-0.39, 0.29) is 0 Å². The molecular weight excluding hydrogens is 619 g/mol. The molecule has 3 heteroatoms. The zero-order valence-corrected chi connectivity index (χ0v) is 28.6.